The zero-order valence-electron chi connectivity index (χ0n) is 12.4. The van der Waals surface area contributed by atoms with Gasteiger partial charge in [-0.25, -0.2) is 0 Å². The molecule has 0 radical (unpaired) electrons. The SMILES string of the molecule is NCCCCN=C1SC(C2CCCCC2)C2NCCN12. The lowest BCUT2D eigenvalue weighted by molar-refractivity contribution is 0.272. The molecule has 0 spiro atoms. The van der Waals surface area contributed by atoms with E-state index in [1.54, 1.807) is 0 Å². The van der Waals surface area contributed by atoms with Crippen molar-refractivity contribution in [3.8, 4) is 0 Å². The zero-order valence-corrected chi connectivity index (χ0v) is 13.2. The lowest BCUT2D eigenvalue weighted by atomic mass is 9.85. The number of hydrogen-bond acceptors (Lipinski definition) is 4. The van der Waals surface area contributed by atoms with Gasteiger partial charge in [0.25, 0.3) is 0 Å². The number of nitrogens with zero attached hydrogens (tertiary/aromatic N) is 2. The second kappa shape index (κ2) is 7.14. The first-order valence-electron chi connectivity index (χ1n) is 8.31. The fourth-order valence-corrected chi connectivity index (χ4v) is 5.31. The fraction of sp³-hybridized carbons (Fsp3) is 0.933. The summed E-state index contributed by atoms with van der Waals surface area (Å²) < 4.78 is 0. The summed E-state index contributed by atoms with van der Waals surface area (Å²) in [6.07, 6.45) is 9.91. The molecule has 2 atom stereocenters. The molecule has 20 heavy (non-hydrogen) atoms. The minimum Gasteiger partial charge on any atom is -0.334 e. The predicted molar refractivity (Wildman–Crippen MR) is 87.0 cm³/mol. The van der Waals surface area contributed by atoms with Crippen molar-refractivity contribution in [3.05, 3.63) is 0 Å². The van der Waals surface area contributed by atoms with Crippen molar-refractivity contribution in [1.29, 1.82) is 0 Å². The largest absolute Gasteiger partial charge is 0.334 e. The van der Waals surface area contributed by atoms with Gasteiger partial charge in [-0.15, -0.1) is 0 Å². The Balaban J connectivity index is 1.62. The van der Waals surface area contributed by atoms with E-state index in [0.717, 1.165) is 50.2 Å². The Bertz CT molecular complexity index is 341. The molecule has 4 nitrogen and oxygen atoms in total. The summed E-state index contributed by atoms with van der Waals surface area (Å²) in [5, 5.41) is 5.73. The summed E-state index contributed by atoms with van der Waals surface area (Å²) in [6.45, 7) is 3.99. The molecule has 3 aliphatic rings. The van der Waals surface area contributed by atoms with Gasteiger partial charge in [-0.05, 0) is 38.1 Å². The fourth-order valence-electron chi connectivity index (χ4n) is 3.72. The third kappa shape index (κ3) is 3.15. The van der Waals surface area contributed by atoms with Crippen LogP contribution >= 0.6 is 11.8 Å². The van der Waals surface area contributed by atoms with Crippen molar-refractivity contribution in [3.63, 3.8) is 0 Å². The molecule has 0 amide bonds. The normalized spacial score (nSPS) is 33.0. The summed E-state index contributed by atoms with van der Waals surface area (Å²) >= 11 is 2.05. The number of hydrogen-bond donors (Lipinski definition) is 2. The summed E-state index contributed by atoms with van der Waals surface area (Å²) in [7, 11) is 0. The average Bonchev–Trinajstić information content (AvgIpc) is 3.07. The summed E-state index contributed by atoms with van der Waals surface area (Å²) in [5.41, 5.74) is 5.55. The van der Waals surface area contributed by atoms with E-state index in [0.29, 0.717) is 6.17 Å². The topological polar surface area (TPSA) is 53.6 Å². The molecule has 0 aromatic carbocycles. The molecule has 0 aromatic rings. The van der Waals surface area contributed by atoms with Crippen molar-refractivity contribution in [2.75, 3.05) is 26.2 Å². The van der Waals surface area contributed by atoms with Crippen LogP contribution in [-0.2, 0) is 0 Å². The van der Waals surface area contributed by atoms with Crippen LogP contribution in [0, 0.1) is 5.92 Å². The lowest BCUT2D eigenvalue weighted by Crippen LogP contribution is -2.42. The lowest BCUT2D eigenvalue weighted by Gasteiger charge is -2.30. The van der Waals surface area contributed by atoms with E-state index in [1.165, 1.54) is 37.3 Å². The Hall–Kier alpha value is -0.260. The van der Waals surface area contributed by atoms with Crippen molar-refractivity contribution < 1.29 is 0 Å². The number of nitrogens with two attached hydrogens (primary N) is 1. The molecule has 1 aliphatic carbocycles. The Kier molecular flexibility index (Phi) is 5.24. The Labute approximate surface area is 126 Å². The first kappa shape index (κ1) is 14.7. The van der Waals surface area contributed by atoms with Crippen LogP contribution in [0.1, 0.15) is 44.9 Å². The van der Waals surface area contributed by atoms with Crippen LogP contribution < -0.4 is 11.1 Å². The van der Waals surface area contributed by atoms with Gasteiger partial charge in [0.15, 0.2) is 5.17 Å². The van der Waals surface area contributed by atoms with Crippen LogP contribution in [-0.4, -0.2) is 47.7 Å². The molecule has 3 rings (SSSR count). The molecule has 0 bridgehead atoms. The van der Waals surface area contributed by atoms with E-state index in [4.69, 9.17) is 10.7 Å². The van der Waals surface area contributed by atoms with Crippen molar-refractivity contribution in [2.45, 2.75) is 56.4 Å². The molecule has 5 heteroatoms. The first-order valence-corrected chi connectivity index (χ1v) is 9.19. The van der Waals surface area contributed by atoms with Crippen LogP contribution in [0.25, 0.3) is 0 Å². The predicted octanol–water partition coefficient (Wildman–Crippen LogP) is 2.01. The molecule has 2 aliphatic heterocycles. The van der Waals surface area contributed by atoms with Crippen LogP contribution in [0.15, 0.2) is 4.99 Å². The van der Waals surface area contributed by atoms with Gasteiger partial charge in [0, 0.05) is 24.9 Å². The van der Waals surface area contributed by atoms with E-state index in [2.05, 4.69) is 10.2 Å². The Morgan fingerprint density at radius 2 is 2.10 bits per heavy atom. The standard InChI is InChI=1S/C15H28N4S/c16-8-4-5-9-18-15-19-11-10-17-14(19)13(20-15)12-6-2-1-3-7-12/h12-14,17H,1-11,16H2. The van der Waals surface area contributed by atoms with Gasteiger partial charge in [0.1, 0.15) is 0 Å². The number of fused-ring (bicyclic) bond motifs is 1. The molecule has 2 saturated heterocycles. The third-order valence-corrected chi connectivity index (χ3v) is 6.30. The van der Waals surface area contributed by atoms with Crippen LogP contribution in [0.5, 0.6) is 0 Å². The highest BCUT2D eigenvalue weighted by atomic mass is 32.2. The minimum atomic E-state index is 0.552. The van der Waals surface area contributed by atoms with Gasteiger partial charge in [-0.2, -0.15) is 0 Å². The number of aliphatic imine (C=N–C) groups is 1. The van der Waals surface area contributed by atoms with E-state index >= 15 is 0 Å². The smallest absolute Gasteiger partial charge is 0.160 e. The summed E-state index contributed by atoms with van der Waals surface area (Å²) in [4.78, 5) is 7.38. The van der Waals surface area contributed by atoms with Gasteiger partial charge in [-0.1, -0.05) is 31.0 Å². The van der Waals surface area contributed by atoms with Crippen LogP contribution in [0.4, 0.5) is 0 Å². The van der Waals surface area contributed by atoms with Crippen molar-refractivity contribution >= 4 is 16.9 Å². The highest BCUT2D eigenvalue weighted by Crippen LogP contribution is 2.42. The Morgan fingerprint density at radius 3 is 2.90 bits per heavy atom. The van der Waals surface area contributed by atoms with Crippen molar-refractivity contribution in [1.82, 2.24) is 10.2 Å². The molecule has 2 heterocycles. The quantitative estimate of drug-likeness (QED) is 0.762. The van der Waals surface area contributed by atoms with E-state index in [1.807, 2.05) is 11.8 Å². The van der Waals surface area contributed by atoms with Crippen LogP contribution in [0.2, 0.25) is 0 Å². The molecular weight excluding hydrogens is 268 g/mol. The number of thioether (sulfide) groups is 1. The van der Waals surface area contributed by atoms with Gasteiger partial charge >= 0.3 is 0 Å². The summed E-state index contributed by atoms with van der Waals surface area (Å²) in [6, 6.07) is 0. The second-order valence-corrected chi connectivity index (χ2v) is 7.38. The average molecular weight is 296 g/mol. The Morgan fingerprint density at radius 1 is 1.25 bits per heavy atom. The summed E-state index contributed by atoms with van der Waals surface area (Å²) in [5.74, 6) is 0.892. The number of unbranched alkanes of at least 4 members (excludes halogenated alkanes) is 1. The van der Waals surface area contributed by atoms with Gasteiger partial charge < -0.3 is 10.6 Å². The molecule has 3 N–H and O–H groups in total. The molecule has 114 valence electrons. The number of rotatable bonds is 5. The number of amidine groups is 1. The minimum absolute atomic E-state index is 0.552. The van der Waals surface area contributed by atoms with E-state index in [9.17, 15) is 0 Å². The highest BCUT2D eigenvalue weighted by Gasteiger charge is 2.45. The van der Waals surface area contributed by atoms with Crippen molar-refractivity contribution in [2.24, 2.45) is 16.6 Å². The molecule has 2 unspecified atom stereocenters. The zero-order chi connectivity index (χ0) is 13.8. The van der Waals surface area contributed by atoms with Gasteiger partial charge in [0.2, 0.25) is 0 Å². The molecular formula is C15H28N4S. The number of nitrogens with one attached hydrogen (secondary N) is 1. The maximum Gasteiger partial charge on any atom is 0.160 e. The molecule has 1 saturated carbocycles. The monoisotopic (exact) mass is 296 g/mol. The maximum atomic E-state index is 5.55. The van der Waals surface area contributed by atoms with Gasteiger partial charge in [0.05, 0.1) is 6.17 Å². The maximum absolute atomic E-state index is 5.55. The van der Waals surface area contributed by atoms with E-state index < -0.39 is 0 Å². The van der Waals surface area contributed by atoms with Gasteiger partial charge in [-0.3, -0.25) is 10.3 Å². The second-order valence-electron chi connectivity index (χ2n) is 6.23. The molecule has 0 aromatic heterocycles. The highest BCUT2D eigenvalue weighted by molar-refractivity contribution is 8.14. The van der Waals surface area contributed by atoms with E-state index in [-0.39, 0.29) is 0 Å². The van der Waals surface area contributed by atoms with Crippen LogP contribution in [0.3, 0.4) is 0 Å². The molecule has 3 fully saturated rings. The third-order valence-electron chi connectivity index (χ3n) is 4.81. The first-order chi connectivity index (χ1) is 9.90.